The Morgan fingerprint density at radius 3 is 2.76 bits per heavy atom. The molecule has 5 heterocycles. The van der Waals surface area contributed by atoms with Crippen LogP contribution in [0.15, 0.2) is 67.1 Å². The summed E-state index contributed by atoms with van der Waals surface area (Å²) < 4.78 is 18.7. The number of anilines is 1. The molecule has 0 aliphatic carbocycles. The normalized spacial score (nSPS) is 16.3. The number of aromatic amines is 1. The molecule has 2 amide bonds. The highest BCUT2D eigenvalue weighted by atomic mass is 32.1. The molecule has 0 saturated carbocycles. The minimum absolute atomic E-state index is 0.194. The van der Waals surface area contributed by atoms with Gasteiger partial charge in [-0.15, -0.1) is 11.3 Å². The molecule has 3 aromatic heterocycles. The van der Waals surface area contributed by atoms with Crippen LogP contribution in [0.4, 0.5) is 10.1 Å². The number of thiazole rings is 1. The molecule has 49 heavy (non-hydrogen) atoms. The SMILES string of the molecule is CCC1CCN(CC(=O)N2CC=C(c3ncc(-c4ncccn4)s3)CC2)C1.COCc1cc(-c2n[nH]c3ccc(NC=O)cc23)ccc1F. The van der Waals surface area contributed by atoms with E-state index in [0.29, 0.717) is 42.3 Å². The number of ether oxygens (including phenoxy) is 1. The summed E-state index contributed by atoms with van der Waals surface area (Å²) >= 11 is 1.61. The number of amides is 2. The van der Waals surface area contributed by atoms with E-state index in [2.05, 4.69) is 48.4 Å². The number of hydrogen-bond acceptors (Lipinski definition) is 9. The Balaban J connectivity index is 0.000000174. The molecule has 1 fully saturated rings. The van der Waals surface area contributed by atoms with Gasteiger partial charge in [-0.25, -0.2) is 19.3 Å². The second kappa shape index (κ2) is 16.0. The number of carbonyl (C=O) groups excluding carboxylic acids is 2. The van der Waals surface area contributed by atoms with Gasteiger partial charge < -0.3 is 15.0 Å². The molecule has 1 unspecified atom stereocenters. The first-order chi connectivity index (χ1) is 23.9. The van der Waals surface area contributed by atoms with E-state index in [4.69, 9.17) is 4.74 Å². The van der Waals surface area contributed by atoms with Crippen molar-refractivity contribution in [1.29, 1.82) is 0 Å². The zero-order chi connectivity index (χ0) is 34.2. The van der Waals surface area contributed by atoms with Crippen LogP contribution in [0, 0.1) is 11.7 Å². The molecule has 5 aromatic rings. The Kier molecular flexibility index (Phi) is 11.1. The molecule has 2 aliphatic rings. The third-order valence-corrected chi connectivity index (χ3v) is 9.91. The second-order valence-electron chi connectivity index (χ2n) is 12.1. The van der Waals surface area contributed by atoms with E-state index in [9.17, 15) is 14.0 Å². The van der Waals surface area contributed by atoms with Crippen molar-refractivity contribution in [2.24, 2.45) is 5.92 Å². The minimum Gasteiger partial charge on any atom is -0.380 e. The first-order valence-electron chi connectivity index (χ1n) is 16.3. The Bertz CT molecular complexity index is 1930. The lowest BCUT2D eigenvalue weighted by Gasteiger charge is -2.28. The number of H-pyrrole nitrogens is 1. The summed E-state index contributed by atoms with van der Waals surface area (Å²) in [6.07, 6.45) is 11.4. The van der Waals surface area contributed by atoms with Gasteiger partial charge in [0.25, 0.3) is 0 Å². The van der Waals surface area contributed by atoms with E-state index < -0.39 is 0 Å². The van der Waals surface area contributed by atoms with Crippen molar-refractivity contribution in [2.45, 2.75) is 32.8 Å². The van der Waals surface area contributed by atoms with E-state index in [1.807, 2.05) is 29.3 Å². The maximum atomic E-state index is 13.7. The largest absolute Gasteiger partial charge is 0.380 e. The molecule has 0 radical (unpaired) electrons. The van der Waals surface area contributed by atoms with Gasteiger partial charge in [0.05, 0.1) is 29.2 Å². The highest BCUT2D eigenvalue weighted by Gasteiger charge is 2.26. The lowest BCUT2D eigenvalue weighted by molar-refractivity contribution is -0.131. The van der Waals surface area contributed by atoms with Crippen LogP contribution in [0.1, 0.15) is 36.8 Å². The monoisotopic (exact) mass is 682 g/mol. The smallest absolute Gasteiger partial charge is 0.237 e. The standard InChI is InChI=1S/C20H25N5OS.C16H14FN3O2/c1-2-15-4-9-24(13-15)14-18(26)25-10-5-16(6-11-25)20-23-12-17(27-20)19-21-7-3-8-22-19;1-22-8-11-6-10(2-4-14(11)17)16-13-7-12(18-9-21)3-5-15(13)19-20-16/h3,5,7-8,12,15H,2,4,6,9-11,13-14H2,1H3;2-7,9H,8H2,1H3,(H,18,21)(H,19,20). The molecule has 254 valence electrons. The van der Waals surface area contributed by atoms with E-state index in [-0.39, 0.29) is 18.3 Å². The molecule has 2 aliphatic heterocycles. The molecule has 7 rings (SSSR count). The van der Waals surface area contributed by atoms with Gasteiger partial charge in [-0.05, 0) is 73.3 Å². The van der Waals surface area contributed by atoms with Crippen LogP contribution in [0.5, 0.6) is 0 Å². The Morgan fingerprint density at radius 1 is 1.16 bits per heavy atom. The van der Waals surface area contributed by atoms with Gasteiger partial charge in [-0.2, -0.15) is 5.10 Å². The third kappa shape index (κ3) is 8.24. The fraction of sp³-hybridized carbons (Fsp3) is 0.333. The number of carbonyl (C=O) groups is 2. The average Bonchev–Trinajstić information content (AvgIpc) is 3.91. The van der Waals surface area contributed by atoms with Crippen LogP contribution < -0.4 is 5.32 Å². The van der Waals surface area contributed by atoms with Crippen LogP contribution in [0.3, 0.4) is 0 Å². The van der Waals surface area contributed by atoms with Crippen molar-refractivity contribution in [3.05, 3.63) is 83.5 Å². The summed E-state index contributed by atoms with van der Waals surface area (Å²) in [5, 5.41) is 11.7. The Labute approximate surface area is 288 Å². The van der Waals surface area contributed by atoms with E-state index in [1.165, 1.54) is 31.6 Å². The first kappa shape index (κ1) is 34.0. The number of fused-ring (bicyclic) bond motifs is 1. The highest BCUT2D eigenvalue weighted by molar-refractivity contribution is 7.16. The quantitative estimate of drug-likeness (QED) is 0.171. The number of halogens is 1. The maximum absolute atomic E-state index is 13.7. The molecule has 13 heteroatoms. The van der Waals surface area contributed by atoms with Crippen LogP contribution >= 0.6 is 11.3 Å². The fourth-order valence-electron chi connectivity index (χ4n) is 6.10. The van der Waals surface area contributed by atoms with Crippen molar-refractivity contribution < 1.29 is 18.7 Å². The summed E-state index contributed by atoms with van der Waals surface area (Å²) in [5.41, 5.74) is 4.68. The van der Waals surface area contributed by atoms with Crippen molar-refractivity contribution >= 4 is 45.8 Å². The summed E-state index contributed by atoms with van der Waals surface area (Å²) in [7, 11) is 1.52. The van der Waals surface area contributed by atoms with Gasteiger partial charge in [-0.1, -0.05) is 19.4 Å². The second-order valence-corrected chi connectivity index (χ2v) is 13.1. The van der Waals surface area contributed by atoms with E-state index in [0.717, 1.165) is 58.3 Å². The van der Waals surface area contributed by atoms with Crippen LogP contribution in [0.2, 0.25) is 0 Å². The predicted molar refractivity (Wildman–Crippen MR) is 189 cm³/mol. The zero-order valence-electron chi connectivity index (χ0n) is 27.6. The molecule has 0 spiro atoms. The lowest BCUT2D eigenvalue weighted by atomic mass is 10.0. The molecule has 11 nitrogen and oxygen atoms in total. The number of likely N-dealkylation sites (tertiary alicyclic amines) is 1. The predicted octanol–water partition coefficient (Wildman–Crippen LogP) is 6.03. The first-order valence-corrected chi connectivity index (χ1v) is 17.2. The van der Waals surface area contributed by atoms with Gasteiger partial charge in [0, 0.05) is 67.5 Å². The summed E-state index contributed by atoms with van der Waals surface area (Å²) in [6, 6.07) is 12.0. The lowest BCUT2D eigenvalue weighted by Crippen LogP contribution is -2.41. The van der Waals surface area contributed by atoms with Crippen LogP contribution in [-0.2, 0) is 20.9 Å². The number of aromatic nitrogens is 5. The fourth-order valence-corrected chi connectivity index (χ4v) is 7.04. The zero-order valence-corrected chi connectivity index (χ0v) is 28.4. The molecular formula is C36H39FN8O3S. The maximum Gasteiger partial charge on any atom is 0.237 e. The summed E-state index contributed by atoms with van der Waals surface area (Å²) in [4.78, 5) is 41.5. The molecule has 1 saturated heterocycles. The molecule has 0 bridgehead atoms. The number of methoxy groups -OCH3 is 1. The Hall–Kier alpha value is -4.85. The third-order valence-electron chi connectivity index (χ3n) is 8.84. The van der Waals surface area contributed by atoms with Crippen molar-refractivity contribution in [1.82, 2.24) is 34.9 Å². The minimum atomic E-state index is -0.311. The Morgan fingerprint density at radius 2 is 2.02 bits per heavy atom. The topological polar surface area (TPSA) is 129 Å². The van der Waals surface area contributed by atoms with Gasteiger partial charge in [0.1, 0.15) is 10.8 Å². The van der Waals surface area contributed by atoms with Crippen molar-refractivity contribution in [3.8, 4) is 22.0 Å². The van der Waals surface area contributed by atoms with Crippen LogP contribution in [0.25, 0.3) is 38.4 Å². The van der Waals surface area contributed by atoms with Gasteiger partial charge in [0.15, 0.2) is 5.82 Å². The number of benzene rings is 2. The van der Waals surface area contributed by atoms with Gasteiger partial charge in [0.2, 0.25) is 12.3 Å². The number of nitrogens with one attached hydrogen (secondary N) is 2. The number of rotatable bonds is 10. The molecule has 2 aromatic carbocycles. The average molecular weight is 683 g/mol. The van der Waals surface area contributed by atoms with Gasteiger partial charge in [-0.3, -0.25) is 19.6 Å². The molecular weight excluding hydrogens is 644 g/mol. The van der Waals surface area contributed by atoms with Crippen LogP contribution in [-0.4, -0.2) is 87.1 Å². The molecule has 1 atom stereocenters. The van der Waals surface area contributed by atoms with Crippen molar-refractivity contribution in [2.75, 3.05) is 45.2 Å². The molecule has 2 N–H and O–H groups in total. The number of hydrogen-bond donors (Lipinski definition) is 2. The highest BCUT2D eigenvalue weighted by Crippen LogP contribution is 2.31. The summed E-state index contributed by atoms with van der Waals surface area (Å²) in [6.45, 7) is 6.57. The number of nitrogens with zero attached hydrogens (tertiary/aromatic N) is 6. The van der Waals surface area contributed by atoms with Gasteiger partial charge >= 0.3 is 0 Å². The van der Waals surface area contributed by atoms with Crippen molar-refractivity contribution in [3.63, 3.8) is 0 Å². The van der Waals surface area contributed by atoms with E-state index >= 15 is 0 Å². The van der Waals surface area contributed by atoms with E-state index in [1.54, 1.807) is 41.9 Å². The summed E-state index contributed by atoms with van der Waals surface area (Å²) in [5.74, 6) is 1.41.